The molecule has 0 atom stereocenters. The van der Waals surface area contributed by atoms with Gasteiger partial charge in [0.1, 0.15) is 0 Å². The lowest BCUT2D eigenvalue weighted by Gasteiger charge is -2.06. The normalized spacial score (nSPS) is 10.2. The molecule has 2 aromatic rings. The lowest BCUT2D eigenvalue weighted by molar-refractivity contribution is -0.120. The SMILES string of the molecule is O=C(CNC(=O)c1cccc(Br)c1)NCc1ccc(Br)s1. The van der Waals surface area contributed by atoms with Crippen molar-refractivity contribution in [3.05, 3.63) is 55.1 Å². The Morgan fingerprint density at radius 3 is 2.57 bits per heavy atom. The first-order valence-corrected chi connectivity index (χ1v) is 8.49. The van der Waals surface area contributed by atoms with Crippen LogP contribution in [0.25, 0.3) is 0 Å². The van der Waals surface area contributed by atoms with Gasteiger partial charge in [-0.05, 0) is 46.3 Å². The molecule has 0 saturated heterocycles. The summed E-state index contributed by atoms with van der Waals surface area (Å²) in [6.45, 7) is 0.416. The third kappa shape index (κ3) is 5.26. The molecule has 7 heteroatoms. The van der Waals surface area contributed by atoms with Gasteiger partial charge < -0.3 is 10.6 Å². The monoisotopic (exact) mass is 430 g/mol. The van der Waals surface area contributed by atoms with E-state index in [1.54, 1.807) is 29.5 Å². The summed E-state index contributed by atoms with van der Waals surface area (Å²) in [6, 6.07) is 10.9. The zero-order valence-electron chi connectivity index (χ0n) is 10.9. The number of thiophene rings is 1. The molecule has 0 unspecified atom stereocenters. The van der Waals surface area contributed by atoms with Gasteiger partial charge in [-0.25, -0.2) is 0 Å². The molecule has 1 heterocycles. The van der Waals surface area contributed by atoms with Crippen molar-refractivity contribution in [1.82, 2.24) is 10.6 Å². The van der Waals surface area contributed by atoms with Gasteiger partial charge in [-0.1, -0.05) is 22.0 Å². The summed E-state index contributed by atoms with van der Waals surface area (Å²) in [5.74, 6) is -0.492. The fourth-order valence-corrected chi connectivity index (χ4v) is 3.41. The van der Waals surface area contributed by atoms with Crippen molar-refractivity contribution in [3.63, 3.8) is 0 Å². The first-order chi connectivity index (χ1) is 10.0. The molecule has 0 bridgehead atoms. The smallest absolute Gasteiger partial charge is 0.251 e. The van der Waals surface area contributed by atoms with Crippen molar-refractivity contribution in [2.45, 2.75) is 6.54 Å². The van der Waals surface area contributed by atoms with E-state index in [2.05, 4.69) is 42.5 Å². The Bertz CT molecular complexity index is 658. The molecule has 0 radical (unpaired) electrons. The summed E-state index contributed by atoms with van der Waals surface area (Å²) in [5.41, 5.74) is 0.513. The Balaban J connectivity index is 1.77. The number of amides is 2. The minimum absolute atomic E-state index is 0.0438. The molecular weight excluding hydrogens is 420 g/mol. The summed E-state index contributed by atoms with van der Waals surface area (Å²) < 4.78 is 1.84. The molecule has 2 N–H and O–H groups in total. The van der Waals surface area contributed by atoms with E-state index in [9.17, 15) is 9.59 Å². The third-order valence-electron chi connectivity index (χ3n) is 2.58. The largest absolute Gasteiger partial charge is 0.350 e. The second-order valence-electron chi connectivity index (χ2n) is 4.18. The maximum absolute atomic E-state index is 11.9. The fourth-order valence-electron chi connectivity index (χ4n) is 1.59. The van der Waals surface area contributed by atoms with E-state index in [1.165, 1.54) is 0 Å². The molecule has 110 valence electrons. The van der Waals surface area contributed by atoms with Crippen LogP contribution in [-0.2, 0) is 11.3 Å². The van der Waals surface area contributed by atoms with Gasteiger partial charge in [0.25, 0.3) is 5.91 Å². The van der Waals surface area contributed by atoms with Crippen molar-refractivity contribution in [2.24, 2.45) is 0 Å². The van der Waals surface area contributed by atoms with E-state index in [1.807, 2.05) is 18.2 Å². The molecule has 0 aliphatic heterocycles. The highest BCUT2D eigenvalue weighted by atomic mass is 79.9. The lowest BCUT2D eigenvalue weighted by Crippen LogP contribution is -2.36. The van der Waals surface area contributed by atoms with Crippen molar-refractivity contribution >= 4 is 55.0 Å². The number of hydrogen-bond acceptors (Lipinski definition) is 3. The van der Waals surface area contributed by atoms with Crippen molar-refractivity contribution in [1.29, 1.82) is 0 Å². The summed E-state index contributed by atoms with van der Waals surface area (Å²) in [4.78, 5) is 24.6. The third-order valence-corrected chi connectivity index (χ3v) is 4.70. The second-order valence-corrected chi connectivity index (χ2v) is 7.64. The van der Waals surface area contributed by atoms with Crippen LogP contribution in [0, 0.1) is 0 Å². The molecule has 0 aliphatic rings. The first-order valence-electron chi connectivity index (χ1n) is 6.09. The van der Waals surface area contributed by atoms with Crippen LogP contribution in [0.3, 0.4) is 0 Å². The summed E-state index contributed by atoms with van der Waals surface area (Å²) in [7, 11) is 0. The Morgan fingerprint density at radius 2 is 1.90 bits per heavy atom. The highest BCUT2D eigenvalue weighted by molar-refractivity contribution is 9.11. The highest BCUT2D eigenvalue weighted by Gasteiger charge is 2.08. The number of halogens is 2. The van der Waals surface area contributed by atoms with Gasteiger partial charge in [0.15, 0.2) is 0 Å². The molecule has 4 nitrogen and oxygen atoms in total. The average molecular weight is 432 g/mol. The van der Waals surface area contributed by atoms with Crippen LogP contribution in [-0.4, -0.2) is 18.4 Å². The topological polar surface area (TPSA) is 58.2 Å². The predicted octanol–water partition coefficient (Wildman–Crippen LogP) is 3.32. The Kier molecular flexibility index (Phi) is 5.96. The average Bonchev–Trinajstić information content (AvgIpc) is 2.88. The molecule has 0 fully saturated rings. The maximum atomic E-state index is 11.9. The summed E-state index contributed by atoms with van der Waals surface area (Å²) >= 11 is 8.23. The van der Waals surface area contributed by atoms with Gasteiger partial charge in [0.05, 0.1) is 16.9 Å². The van der Waals surface area contributed by atoms with Gasteiger partial charge in [0.2, 0.25) is 5.91 Å². The van der Waals surface area contributed by atoms with Gasteiger partial charge >= 0.3 is 0 Å². The van der Waals surface area contributed by atoms with Gasteiger partial charge in [-0.15, -0.1) is 11.3 Å². The van der Waals surface area contributed by atoms with Crippen LogP contribution < -0.4 is 10.6 Å². The maximum Gasteiger partial charge on any atom is 0.251 e. The molecule has 0 spiro atoms. The van der Waals surface area contributed by atoms with Crippen LogP contribution in [0.15, 0.2) is 44.7 Å². The van der Waals surface area contributed by atoms with Crippen molar-refractivity contribution in [3.8, 4) is 0 Å². The standard InChI is InChI=1S/C14H12Br2N2O2S/c15-10-3-1-2-9(6-10)14(20)18-8-13(19)17-7-11-4-5-12(16)21-11/h1-6H,7-8H2,(H,17,19)(H,18,20). The Morgan fingerprint density at radius 1 is 1.10 bits per heavy atom. The number of carbonyl (C=O) groups excluding carboxylic acids is 2. The molecule has 21 heavy (non-hydrogen) atoms. The van der Waals surface area contributed by atoms with Gasteiger partial charge in [-0.2, -0.15) is 0 Å². The van der Waals surface area contributed by atoms with Crippen molar-refractivity contribution < 1.29 is 9.59 Å². The fraction of sp³-hybridized carbons (Fsp3) is 0.143. The van der Waals surface area contributed by atoms with Crippen LogP contribution in [0.5, 0.6) is 0 Å². The zero-order valence-corrected chi connectivity index (χ0v) is 14.8. The van der Waals surface area contributed by atoms with Crippen molar-refractivity contribution in [2.75, 3.05) is 6.54 Å². The number of rotatable bonds is 5. The Labute approximate surface area is 143 Å². The van der Waals surface area contributed by atoms with E-state index in [0.717, 1.165) is 13.1 Å². The molecule has 0 saturated carbocycles. The quantitative estimate of drug-likeness (QED) is 0.762. The Hall–Kier alpha value is -1.18. The lowest BCUT2D eigenvalue weighted by atomic mass is 10.2. The zero-order chi connectivity index (χ0) is 15.2. The summed E-state index contributed by atoms with van der Waals surface area (Å²) in [6.07, 6.45) is 0. The molecule has 0 aliphatic carbocycles. The summed E-state index contributed by atoms with van der Waals surface area (Å²) in [5, 5.41) is 5.35. The van der Waals surface area contributed by atoms with Gasteiger partial charge in [0, 0.05) is 14.9 Å². The van der Waals surface area contributed by atoms with E-state index in [-0.39, 0.29) is 18.4 Å². The van der Waals surface area contributed by atoms with Crippen LogP contribution in [0.4, 0.5) is 0 Å². The minimum Gasteiger partial charge on any atom is -0.350 e. The first kappa shape index (κ1) is 16.2. The number of hydrogen-bond donors (Lipinski definition) is 2. The number of nitrogens with one attached hydrogen (secondary N) is 2. The van der Waals surface area contributed by atoms with Crippen LogP contribution >= 0.6 is 43.2 Å². The molecule has 2 amide bonds. The van der Waals surface area contributed by atoms with Gasteiger partial charge in [-0.3, -0.25) is 9.59 Å². The van der Waals surface area contributed by atoms with Crippen LogP contribution in [0.2, 0.25) is 0 Å². The number of benzene rings is 1. The van der Waals surface area contributed by atoms with E-state index in [0.29, 0.717) is 12.1 Å². The molecule has 1 aromatic carbocycles. The molecular formula is C14H12Br2N2O2S. The minimum atomic E-state index is -0.273. The predicted molar refractivity (Wildman–Crippen MR) is 90.3 cm³/mol. The molecule has 2 rings (SSSR count). The van der Waals surface area contributed by atoms with Crippen LogP contribution in [0.1, 0.15) is 15.2 Å². The number of carbonyl (C=O) groups is 2. The molecule has 1 aromatic heterocycles. The van der Waals surface area contributed by atoms with E-state index in [4.69, 9.17) is 0 Å². The second kappa shape index (κ2) is 7.72. The van der Waals surface area contributed by atoms with E-state index >= 15 is 0 Å². The highest BCUT2D eigenvalue weighted by Crippen LogP contribution is 2.21. The van der Waals surface area contributed by atoms with E-state index < -0.39 is 0 Å².